The van der Waals surface area contributed by atoms with Gasteiger partial charge in [-0.1, -0.05) is 18.7 Å². The van der Waals surface area contributed by atoms with Crippen LogP contribution < -0.4 is 15.8 Å². The molecule has 0 radical (unpaired) electrons. The van der Waals surface area contributed by atoms with Gasteiger partial charge < -0.3 is 14.1 Å². The zero-order valence-electron chi connectivity index (χ0n) is 17.7. The summed E-state index contributed by atoms with van der Waals surface area (Å²) in [6.07, 6.45) is 7.10. The number of rotatable bonds is 5. The number of pyridine rings is 1. The minimum absolute atomic E-state index is 0.481. The third-order valence-corrected chi connectivity index (χ3v) is 5.59. The van der Waals surface area contributed by atoms with Crippen molar-refractivity contribution in [3.05, 3.63) is 79.6 Å². The molecule has 0 bridgehead atoms. The molecule has 9 nitrogen and oxygen atoms in total. The predicted molar refractivity (Wildman–Crippen MR) is 127 cm³/mol. The van der Waals surface area contributed by atoms with Crippen LogP contribution in [0.2, 0.25) is 0 Å². The van der Waals surface area contributed by atoms with Crippen molar-refractivity contribution < 1.29 is 9.15 Å². The van der Waals surface area contributed by atoms with Crippen molar-refractivity contribution in [3.63, 3.8) is 0 Å². The Balaban J connectivity index is 1.40. The second-order valence-electron chi connectivity index (χ2n) is 7.71. The van der Waals surface area contributed by atoms with Crippen LogP contribution in [0.1, 0.15) is 0 Å². The van der Waals surface area contributed by atoms with E-state index in [1.54, 1.807) is 23.2 Å². The molecule has 0 spiro atoms. The van der Waals surface area contributed by atoms with Crippen molar-refractivity contribution in [2.45, 2.75) is 0 Å². The summed E-state index contributed by atoms with van der Waals surface area (Å²) in [5.74, 6) is 0.626. The second kappa shape index (κ2) is 7.95. The number of hydrogen-bond acceptors (Lipinski definition) is 8. The Morgan fingerprint density at radius 3 is 2.82 bits per heavy atom. The fraction of sp³-hybridized carbons (Fsp3) is 0.125. The third kappa shape index (κ3) is 3.54. The maximum Gasteiger partial charge on any atom is 0.178 e. The molecular formula is C24H21N7O2. The largest absolute Gasteiger partial charge is 0.462 e. The zero-order valence-corrected chi connectivity index (χ0v) is 17.7. The number of ether oxygens (including phenoxy) is 1. The van der Waals surface area contributed by atoms with Crippen LogP contribution in [0.25, 0.3) is 27.9 Å². The maximum atomic E-state index is 5.62. The minimum atomic E-state index is 0.481. The Hall–Kier alpha value is -4.37. The molecule has 164 valence electrons. The number of furan rings is 1. The standard InChI is InChI=1S/C24H21N7O2/c1-16-14-32-11-10-30(16)21-12-23(28-27-20-15-33-22-5-3-2-4-18(20)22)29-31-13-19(26-24(21)31)17-6-8-25-9-7-17/h2-9,12-13,15,27H,1,10-11,14H2,(H,28,29). The number of imidazole rings is 1. The molecule has 1 aliphatic heterocycles. The molecule has 0 amide bonds. The topological polar surface area (TPSA) is 92.8 Å². The van der Waals surface area contributed by atoms with Crippen LogP contribution in [0.15, 0.2) is 84.0 Å². The Morgan fingerprint density at radius 2 is 1.94 bits per heavy atom. The van der Waals surface area contributed by atoms with Gasteiger partial charge in [-0.15, -0.1) is 5.10 Å². The number of morpholine rings is 1. The molecule has 5 aromatic rings. The normalized spacial score (nSPS) is 14.2. The molecule has 1 saturated heterocycles. The number of fused-ring (bicyclic) bond motifs is 2. The zero-order chi connectivity index (χ0) is 22.2. The summed E-state index contributed by atoms with van der Waals surface area (Å²) in [6, 6.07) is 13.7. The lowest BCUT2D eigenvalue weighted by Crippen LogP contribution is -2.34. The smallest absolute Gasteiger partial charge is 0.178 e. The van der Waals surface area contributed by atoms with Gasteiger partial charge in [-0.3, -0.25) is 15.8 Å². The number of hydrazine groups is 1. The molecule has 2 N–H and O–H groups in total. The Kier molecular flexibility index (Phi) is 4.66. The van der Waals surface area contributed by atoms with E-state index in [0.717, 1.165) is 44.9 Å². The fourth-order valence-electron chi connectivity index (χ4n) is 3.96. The van der Waals surface area contributed by atoms with E-state index in [-0.39, 0.29) is 0 Å². The Labute approximate surface area is 189 Å². The first-order valence-electron chi connectivity index (χ1n) is 10.6. The highest BCUT2D eigenvalue weighted by Crippen LogP contribution is 2.31. The number of nitrogens with zero attached hydrogens (tertiary/aromatic N) is 5. The number of para-hydroxylation sites is 1. The lowest BCUT2D eigenvalue weighted by Gasteiger charge is -2.31. The minimum Gasteiger partial charge on any atom is -0.462 e. The van der Waals surface area contributed by atoms with Gasteiger partial charge in [-0.25, -0.2) is 9.50 Å². The van der Waals surface area contributed by atoms with E-state index in [4.69, 9.17) is 19.2 Å². The third-order valence-electron chi connectivity index (χ3n) is 5.59. The highest BCUT2D eigenvalue weighted by Gasteiger charge is 2.21. The summed E-state index contributed by atoms with van der Waals surface area (Å²) < 4.78 is 13.0. The highest BCUT2D eigenvalue weighted by atomic mass is 16.5. The van der Waals surface area contributed by atoms with Gasteiger partial charge in [0.05, 0.1) is 30.8 Å². The van der Waals surface area contributed by atoms with Crippen molar-refractivity contribution >= 4 is 33.8 Å². The van der Waals surface area contributed by atoms with Crippen molar-refractivity contribution in [2.24, 2.45) is 0 Å². The van der Waals surface area contributed by atoms with Gasteiger partial charge in [0.15, 0.2) is 11.5 Å². The van der Waals surface area contributed by atoms with E-state index >= 15 is 0 Å². The number of nitrogens with one attached hydrogen (secondary N) is 2. The average molecular weight is 439 g/mol. The van der Waals surface area contributed by atoms with Gasteiger partial charge in [0.1, 0.15) is 17.5 Å². The van der Waals surface area contributed by atoms with Crippen molar-refractivity contribution in [1.82, 2.24) is 19.6 Å². The van der Waals surface area contributed by atoms with Gasteiger partial charge >= 0.3 is 0 Å². The van der Waals surface area contributed by atoms with Crippen molar-refractivity contribution in [3.8, 4) is 11.3 Å². The fourth-order valence-corrected chi connectivity index (χ4v) is 3.96. The lowest BCUT2D eigenvalue weighted by molar-refractivity contribution is 0.143. The molecule has 1 aromatic carbocycles. The molecule has 0 unspecified atom stereocenters. The van der Waals surface area contributed by atoms with E-state index in [0.29, 0.717) is 25.6 Å². The van der Waals surface area contributed by atoms with Crippen LogP contribution in [0.5, 0.6) is 0 Å². The summed E-state index contributed by atoms with van der Waals surface area (Å²) >= 11 is 0. The Bertz CT molecular complexity index is 1460. The van der Waals surface area contributed by atoms with Crippen molar-refractivity contribution in [1.29, 1.82) is 0 Å². The number of aromatic nitrogens is 4. The lowest BCUT2D eigenvalue weighted by atomic mass is 10.2. The van der Waals surface area contributed by atoms with Gasteiger partial charge in [-0.2, -0.15) is 0 Å². The average Bonchev–Trinajstić information content (AvgIpc) is 3.47. The summed E-state index contributed by atoms with van der Waals surface area (Å²) in [5.41, 5.74) is 12.4. The number of benzene rings is 1. The molecule has 9 heteroatoms. The number of anilines is 3. The van der Waals surface area contributed by atoms with E-state index in [1.165, 1.54) is 0 Å². The molecule has 0 atom stereocenters. The summed E-state index contributed by atoms with van der Waals surface area (Å²) in [7, 11) is 0. The summed E-state index contributed by atoms with van der Waals surface area (Å²) in [5, 5.41) is 5.71. The van der Waals surface area contributed by atoms with Crippen LogP contribution in [-0.4, -0.2) is 39.3 Å². The molecule has 0 aliphatic carbocycles. The van der Waals surface area contributed by atoms with Crippen LogP contribution in [0.3, 0.4) is 0 Å². The van der Waals surface area contributed by atoms with E-state index < -0.39 is 0 Å². The van der Waals surface area contributed by atoms with Gasteiger partial charge in [0, 0.05) is 41.7 Å². The highest BCUT2D eigenvalue weighted by molar-refractivity contribution is 5.90. The molecule has 1 aliphatic rings. The maximum absolute atomic E-state index is 5.62. The van der Waals surface area contributed by atoms with Crippen LogP contribution in [-0.2, 0) is 4.74 Å². The molecule has 1 fully saturated rings. The first kappa shape index (κ1) is 19.3. The molecule has 4 aromatic heterocycles. The molecule has 33 heavy (non-hydrogen) atoms. The number of hydrogen-bond donors (Lipinski definition) is 2. The van der Waals surface area contributed by atoms with Crippen molar-refractivity contribution in [2.75, 3.05) is 35.5 Å². The SMILES string of the molecule is C=C1COCCN1c1cc(NNc2coc3ccccc23)nn2cc(-c3ccncc3)nc12. The summed E-state index contributed by atoms with van der Waals surface area (Å²) in [4.78, 5) is 11.1. The van der Waals surface area contributed by atoms with Gasteiger partial charge in [0.2, 0.25) is 0 Å². The van der Waals surface area contributed by atoms with Crippen LogP contribution in [0, 0.1) is 0 Å². The first-order chi connectivity index (χ1) is 16.3. The van der Waals surface area contributed by atoms with Gasteiger partial charge in [0.25, 0.3) is 0 Å². The van der Waals surface area contributed by atoms with E-state index in [1.807, 2.05) is 48.7 Å². The summed E-state index contributed by atoms with van der Waals surface area (Å²) in [6.45, 7) is 5.97. The van der Waals surface area contributed by atoms with E-state index in [2.05, 4.69) is 27.3 Å². The first-order valence-corrected chi connectivity index (χ1v) is 10.6. The molecule has 5 heterocycles. The van der Waals surface area contributed by atoms with Crippen LogP contribution >= 0.6 is 0 Å². The Morgan fingerprint density at radius 1 is 1.06 bits per heavy atom. The predicted octanol–water partition coefficient (Wildman–Crippen LogP) is 4.33. The monoisotopic (exact) mass is 439 g/mol. The second-order valence-corrected chi connectivity index (χ2v) is 7.71. The molecule has 0 saturated carbocycles. The quantitative estimate of drug-likeness (QED) is 0.391. The van der Waals surface area contributed by atoms with Crippen LogP contribution in [0.4, 0.5) is 17.2 Å². The molecule has 6 rings (SSSR count). The van der Waals surface area contributed by atoms with Gasteiger partial charge in [-0.05, 0) is 24.3 Å². The van der Waals surface area contributed by atoms with E-state index in [9.17, 15) is 0 Å². The molecular weight excluding hydrogens is 418 g/mol.